The number of aliphatic carboxylic acids is 1. The number of carboxylic acid groups (broad SMARTS) is 1. The van der Waals surface area contributed by atoms with Crippen LogP contribution in [0.15, 0.2) is 0 Å². The second-order valence-electron chi connectivity index (χ2n) is 8.13. The van der Waals surface area contributed by atoms with E-state index in [1.54, 1.807) is 0 Å². The molecule has 4 heteroatoms. The van der Waals surface area contributed by atoms with E-state index in [1.807, 2.05) is 0 Å². The highest BCUT2D eigenvalue weighted by Crippen LogP contribution is 2.35. The Morgan fingerprint density at radius 2 is 1.91 bits per heavy atom. The lowest BCUT2D eigenvalue weighted by atomic mass is 9.76. The molecular formula is C18H32N2O2. The molecule has 3 rings (SSSR count). The van der Waals surface area contributed by atoms with Crippen LogP contribution in [0.4, 0.5) is 0 Å². The first kappa shape index (κ1) is 16.3. The highest BCUT2D eigenvalue weighted by atomic mass is 16.4. The van der Waals surface area contributed by atoms with E-state index in [9.17, 15) is 4.79 Å². The molecule has 3 fully saturated rings. The van der Waals surface area contributed by atoms with Gasteiger partial charge >= 0.3 is 5.97 Å². The lowest BCUT2D eigenvalue weighted by Crippen LogP contribution is -2.57. The van der Waals surface area contributed by atoms with Gasteiger partial charge in [-0.15, -0.1) is 0 Å². The van der Waals surface area contributed by atoms with Gasteiger partial charge in [-0.05, 0) is 49.9 Å². The van der Waals surface area contributed by atoms with Crippen molar-refractivity contribution >= 4 is 5.97 Å². The van der Waals surface area contributed by atoms with E-state index in [4.69, 9.17) is 5.11 Å². The Morgan fingerprint density at radius 1 is 1.18 bits per heavy atom. The van der Waals surface area contributed by atoms with Crippen molar-refractivity contribution < 1.29 is 9.90 Å². The predicted octanol–water partition coefficient (Wildman–Crippen LogP) is 2.73. The number of rotatable bonds is 7. The fraction of sp³-hybridized carbons (Fsp3) is 0.944. The van der Waals surface area contributed by atoms with Crippen LogP contribution in [0.3, 0.4) is 0 Å². The van der Waals surface area contributed by atoms with Crippen LogP contribution in [0.5, 0.6) is 0 Å². The van der Waals surface area contributed by atoms with Crippen molar-refractivity contribution in [1.29, 1.82) is 0 Å². The molecule has 0 radical (unpaired) electrons. The van der Waals surface area contributed by atoms with E-state index in [-0.39, 0.29) is 6.54 Å². The zero-order valence-electron chi connectivity index (χ0n) is 14.1. The van der Waals surface area contributed by atoms with Gasteiger partial charge in [-0.25, -0.2) is 0 Å². The summed E-state index contributed by atoms with van der Waals surface area (Å²) < 4.78 is 0. The first-order chi connectivity index (χ1) is 10.5. The van der Waals surface area contributed by atoms with E-state index >= 15 is 0 Å². The standard InChI is InChI=1S/C18H32N2O2/c1-12-4-3-5-17(13(12)2)19-15-8-16(9-15)20(11-18(21)22)10-14-6-7-14/h12-17,19H,3-11H2,1-2H3,(H,21,22). The highest BCUT2D eigenvalue weighted by Gasteiger charge is 2.39. The fourth-order valence-electron chi connectivity index (χ4n) is 4.29. The van der Waals surface area contributed by atoms with Crippen molar-refractivity contribution in [1.82, 2.24) is 10.2 Å². The van der Waals surface area contributed by atoms with Gasteiger partial charge < -0.3 is 10.4 Å². The van der Waals surface area contributed by atoms with Crippen molar-refractivity contribution in [3.05, 3.63) is 0 Å². The normalized spacial score (nSPS) is 38.8. The second kappa shape index (κ2) is 6.88. The third-order valence-electron chi connectivity index (χ3n) is 6.31. The van der Waals surface area contributed by atoms with Crippen LogP contribution in [0.2, 0.25) is 0 Å². The molecule has 0 bridgehead atoms. The number of carbonyl (C=O) groups is 1. The van der Waals surface area contributed by atoms with E-state index in [1.165, 1.54) is 32.1 Å². The van der Waals surface area contributed by atoms with E-state index in [2.05, 4.69) is 24.1 Å². The van der Waals surface area contributed by atoms with Crippen LogP contribution in [-0.4, -0.2) is 47.2 Å². The summed E-state index contributed by atoms with van der Waals surface area (Å²) in [6.07, 6.45) is 8.90. The van der Waals surface area contributed by atoms with Crippen LogP contribution >= 0.6 is 0 Å². The van der Waals surface area contributed by atoms with Crippen LogP contribution in [0, 0.1) is 17.8 Å². The summed E-state index contributed by atoms with van der Waals surface area (Å²) in [4.78, 5) is 13.3. The SMILES string of the molecule is CC1CCCC(NC2CC(N(CC(=O)O)CC3CC3)C2)C1C. The number of carboxylic acids is 1. The summed E-state index contributed by atoms with van der Waals surface area (Å²) >= 11 is 0. The maximum Gasteiger partial charge on any atom is 0.317 e. The molecule has 0 aromatic rings. The van der Waals surface area contributed by atoms with Crippen LogP contribution < -0.4 is 5.32 Å². The van der Waals surface area contributed by atoms with Crippen molar-refractivity contribution in [2.45, 2.75) is 76.9 Å². The van der Waals surface area contributed by atoms with Crippen molar-refractivity contribution in [2.24, 2.45) is 17.8 Å². The minimum atomic E-state index is -0.674. The molecule has 126 valence electrons. The van der Waals surface area contributed by atoms with E-state index in [0.29, 0.717) is 18.1 Å². The van der Waals surface area contributed by atoms with Gasteiger partial charge in [0.05, 0.1) is 6.54 Å². The lowest BCUT2D eigenvalue weighted by Gasteiger charge is -2.46. The second-order valence-corrected chi connectivity index (χ2v) is 8.13. The smallest absolute Gasteiger partial charge is 0.317 e. The van der Waals surface area contributed by atoms with Crippen LogP contribution in [0.1, 0.15) is 58.8 Å². The minimum Gasteiger partial charge on any atom is -0.480 e. The number of hydrogen-bond donors (Lipinski definition) is 2. The molecule has 0 spiro atoms. The van der Waals surface area contributed by atoms with Crippen LogP contribution in [0.25, 0.3) is 0 Å². The molecule has 3 unspecified atom stereocenters. The van der Waals surface area contributed by atoms with Gasteiger partial charge in [0.25, 0.3) is 0 Å². The topological polar surface area (TPSA) is 52.6 Å². The molecule has 4 nitrogen and oxygen atoms in total. The number of nitrogens with one attached hydrogen (secondary N) is 1. The average molecular weight is 308 g/mol. The molecule has 0 saturated heterocycles. The number of nitrogens with zero attached hydrogens (tertiary/aromatic N) is 1. The van der Waals surface area contributed by atoms with Gasteiger partial charge in [0.1, 0.15) is 0 Å². The molecule has 0 aromatic carbocycles. The molecule has 3 saturated carbocycles. The molecular weight excluding hydrogens is 276 g/mol. The Kier molecular flexibility index (Phi) is 5.08. The molecule has 2 N–H and O–H groups in total. The van der Waals surface area contributed by atoms with E-state index in [0.717, 1.165) is 37.1 Å². The Labute approximate surface area is 134 Å². The fourth-order valence-corrected chi connectivity index (χ4v) is 4.29. The zero-order valence-corrected chi connectivity index (χ0v) is 14.1. The Bertz CT molecular complexity index is 391. The van der Waals surface area contributed by atoms with Gasteiger partial charge in [0, 0.05) is 24.7 Å². The lowest BCUT2D eigenvalue weighted by molar-refractivity contribution is -0.139. The van der Waals surface area contributed by atoms with Gasteiger partial charge in [-0.1, -0.05) is 26.7 Å². The third-order valence-corrected chi connectivity index (χ3v) is 6.31. The zero-order chi connectivity index (χ0) is 15.7. The summed E-state index contributed by atoms with van der Waals surface area (Å²) in [6.45, 7) is 6.00. The average Bonchev–Trinajstić information content (AvgIpc) is 3.20. The minimum absolute atomic E-state index is 0.227. The largest absolute Gasteiger partial charge is 0.480 e. The maximum absolute atomic E-state index is 11.1. The summed E-state index contributed by atoms with van der Waals surface area (Å²) in [5.74, 6) is 1.70. The van der Waals surface area contributed by atoms with Gasteiger partial charge in [-0.3, -0.25) is 9.69 Å². The summed E-state index contributed by atoms with van der Waals surface area (Å²) in [6, 6.07) is 1.77. The Morgan fingerprint density at radius 3 is 2.55 bits per heavy atom. The first-order valence-electron chi connectivity index (χ1n) is 9.24. The molecule has 3 atom stereocenters. The third kappa shape index (κ3) is 4.02. The van der Waals surface area contributed by atoms with E-state index < -0.39 is 5.97 Å². The molecule has 0 heterocycles. The van der Waals surface area contributed by atoms with Crippen molar-refractivity contribution in [2.75, 3.05) is 13.1 Å². The quantitative estimate of drug-likeness (QED) is 0.759. The summed E-state index contributed by atoms with van der Waals surface area (Å²) in [5, 5.41) is 13.0. The number of hydrogen-bond acceptors (Lipinski definition) is 3. The molecule has 3 aliphatic rings. The molecule has 0 aromatic heterocycles. The van der Waals surface area contributed by atoms with Gasteiger partial charge in [0.2, 0.25) is 0 Å². The molecule has 3 aliphatic carbocycles. The van der Waals surface area contributed by atoms with Crippen molar-refractivity contribution in [3.63, 3.8) is 0 Å². The summed E-state index contributed by atoms with van der Waals surface area (Å²) in [5.41, 5.74) is 0. The van der Waals surface area contributed by atoms with Crippen LogP contribution in [-0.2, 0) is 4.79 Å². The van der Waals surface area contributed by atoms with Gasteiger partial charge in [0.15, 0.2) is 0 Å². The van der Waals surface area contributed by atoms with Crippen molar-refractivity contribution in [3.8, 4) is 0 Å². The first-order valence-corrected chi connectivity index (χ1v) is 9.24. The maximum atomic E-state index is 11.1. The van der Waals surface area contributed by atoms with Gasteiger partial charge in [-0.2, -0.15) is 0 Å². The predicted molar refractivity (Wildman–Crippen MR) is 87.8 cm³/mol. The summed E-state index contributed by atoms with van der Waals surface area (Å²) in [7, 11) is 0. The monoisotopic (exact) mass is 308 g/mol. The highest BCUT2D eigenvalue weighted by molar-refractivity contribution is 5.69. The Balaban J connectivity index is 1.44. The molecule has 0 amide bonds. The Hall–Kier alpha value is -0.610. The molecule has 22 heavy (non-hydrogen) atoms. The molecule has 0 aliphatic heterocycles.